The summed E-state index contributed by atoms with van der Waals surface area (Å²) in [6.07, 6.45) is -2.03. The lowest BCUT2D eigenvalue weighted by Crippen LogP contribution is -2.34. The van der Waals surface area contributed by atoms with Gasteiger partial charge in [0.2, 0.25) is 0 Å². The van der Waals surface area contributed by atoms with Crippen LogP contribution in [-0.2, 0) is 10.9 Å². The second-order valence-corrected chi connectivity index (χ2v) is 7.09. The third-order valence-electron chi connectivity index (χ3n) is 5.22. The lowest BCUT2D eigenvalue weighted by molar-refractivity contribution is -0.138. The summed E-state index contributed by atoms with van der Waals surface area (Å²) in [7, 11) is 1.26. The minimum Gasteiger partial charge on any atom is -0.492 e. The summed E-state index contributed by atoms with van der Waals surface area (Å²) >= 11 is 0. The molecule has 1 aromatic rings. The third kappa shape index (κ3) is 5.09. The van der Waals surface area contributed by atoms with Gasteiger partial charge < -0.3 is 15.4 Å². The van der Waals surface area contributed by atoms with Crippen LogP contribution in [0.25, 0.3) is 0 Å². The van der Waals surface area contributed by atoms with E-state index in [1.807, 2.05) is 0 Å². The highest BCUT2D eigenvalue weighted by molar-refractivity contribution is 5.59. The van der Waals surface area contributed by atoms with Gasteiger partial charge in [0.05, 0.1) is 18.4 Å². The normalized spacial score (nSPS) is 17.7. The number of nitrogens with two attached hydrogens (primary N) is 1. The average Bonchev–Trinajstić information content (AvgIpc) is 2.74. The van der Waals surface area contributed by atoms with Gasteiger partial charge in [-0.25, -0.2) is 13.8 Å². The van der Waals surface area contributed by atoms with Crippen LogP contribution < -0.4 is 10.6 Å². The summed E-state index contributed by atoms with van der Waals surface area (Å²) in [6, 6.07) is 0.426. The van der Waals surface area contributed by atoms with Gasteiger partial charge in [-0.2, -0.15) is 13.2 Å². The molecule has 32 heavy (non-hydrogen) atoms. The van der Waals surface area contributed by atoms with Crippen molar-refractivity contribution < 1.29 is 26.7 Å². The molecule has 1 aliphatic heterocycles. The second-order valence-electron chi connectivity index (χ2n) is 7.09. The fourth-order valence-corrected chi connectivity index (χ4v) is 3.31. The monoisotopic (exact) mass is 453 g/mol. The number of hydrogen-bond acceptors (Lipinski definition) is 4. The Bertz CT molecular complexity index is 1030. The number of alkyl halides is 3. The maximum Gasteiger partial charge on any atom is 0.417 e. The van der Waals surface area contributed by atoms with E-state index in [0.29, 0.717) is 47.5 Å². The Labute approximate surface area is 183 Å². The van der Waals surface area contributed by atoms with Gasteiger partial charge in [0.1, 0.15) is 6.33 Å². The van der Waals surface area contributed by atoms with Crippen LogP contribution in [0.5, 0.6) is 0 Å². The van der Waals surface area contributed by atoms with Gasteiger partial charge in [0.15, 0.2) is 17.4 Å². The Morgan fingerprint density at radius 3 is 2.50 bits per heavy atom. The van der Waals surface area contributed by atoms with Crippen molar-refractivity contribution in [3.63, 3.8) is 0 Å². The zero-order valence-corrected chi connectivity index (χ0v) is 17.8. The Balaban J connectivity index is 2.45. The summed E-state index contributed by atoms with van der Waals surface area (Å²) < 4.78 is 70.9. The summed E-state index contributed by atoms with van der Waals surface area (Å²) in [6.45, 7) is 13.9. The highest BCUT2D eigenvalue weighted by Crippen LogP contribution is 2.35. The molecule has 2 rings (SSSR count). The van der Waals surface area contributed by atoms with E-state index in [1.54, 1.807) is 6.92 Å². The first kappa shape index (κ1) is 24.9. The predicted molar refractivity (Wildman–Crippen MR) is 115 cm³/mol. The van der Waals surface area contributed by atoms with Gasteiger partial charge in [-0.15, -0.1) is 0 Å². The lowest BCUT2D eigenvalue weighted by atomic mass is 9.88. The number of aromatic nitrogens is 1. The van der Waals surface area contributed by atoms with Crippen LogP contribution in [0.2, 0.25) is 0 Å². The van der Waals surface area contributed by atoms with E-state index in [9.17, 15) is 22.0 Å². The van der Waals surface area contributed by atoms with Crippen molar-refractivity contribution in [3.8, 4) is 0 Å². The molecule has 0 spiro atoms. The molecule has 0 unspecified atom stereocenters. The van der Waals surface area contributed by atoms with E-state index in [0.717, 1.165) is 5.57 Å². The van der Waals surface area contributed by atoms with E-state index in [1.165, 1.54) is 18.1 Å². The first-order valence-corrected chi connectivity index (χ1v) is 9.48. The number of methoxy groups -OCH3 is 1. The molecule has 1 aliphatic rings. The molecule has 1 saturated heterocycles. The molecule has 4 nitrogen and oxygen atoms in total. The average molecular weight is 453 g/mol. The van der Waals surface area contributed by atoms with Crippen molar-refractivity contribution in [2.24, 2.45) is 5.73 Å². The molecule has 0 aliphatic carbocycles. The molecular formula is C23H24F5N3O. The number of nitrogens with zero attached hydrogens (tertiary/aromatic N) is 2. The highest BCUT2D eigenvalue weighted by Gasteiger charge is 2.33. The van der Waals surface area contributed by atoms with Crippen LogP contribution in [0.15, 0.2) is 83.7 Å². The number of anilines is 1. The van der Waals surface area contributed by atoms with Gasteiger partial charge in [-0.1, -0.05) is 25.8 Å². The molecule has 0 saturated carbocycles. The highest BCUT2D eigenvalue weighted by atomic mass is 19.4. The topological polar surface area (TPSA) is 51.4 Å². The smallest absolute Gasteiger partial charge is 0.417 e. The minimum atomic E-state index is -4.69. The van der Waals surface area contributed by atoms with Gasteiger partial charge in [0, 0.05) is 24.9 Å². The molecule has 2 N–H and O–H groups in total. The Morgan fingerprint density at radius 1 is 1.34 bits per heavy atom. The van der Waals surface area contributed by atoms with E-state index < -0.39 is 17.6 Å². The van der Waals surface area contributed by atoms with Crippen LogP contribution >= 0.6 is 0 Å². The molecule has 0 aromatic carbocycles. The molecule has 0 amide bonds. The molecule has 0 atom stereocenters. The minimum absolute atomic E-state index is 0.0105. The van der Waals surface area contributed by atoms with Crippen LogP contribution in [-0.4, -0.2) is 25.2 Å². The number of hydrogen-bond donors (Lipinski definition) is 1. The van der Waals surface area contributed by atoms with E-state index in [2.05, 4.69) is 24.7 Å². The summed E-state index contributed by atoms with van der Waals surface area (Å²) in [4.78, 5) is 5.23. The molecule has 0 radical (unpaired) electrons. The summed E-state index contributed by atoms with van der Waals surface area (Å²) in [5.74, 6) is -1.46. The predicted octanol–water partition coefficient (Wildman–Crippen LogP) is 5.73. The standard InChI is InChI=1S/C23H24F5N3O/c1-6-17(21(29)20(10-24)32-5)14(3)15(4)18-12-31(8-7-13(18)2)22-19(25)9-16(11-30-22)23(26,27)28/h6,9-11H,1-3,7-8,12,29H2,4-5H3/b18-15+,20-10+,21-17+. The number of rotatable bonds is 6. The maximum absolute atomic E-state index is 14.5. The summed E-state index contributed by atoms with van der Waals surface area (Å²) in [5.41, 5.74) is 7.66. The van der Waals surface area contributed by atoms with E-state index in [4.69, 9.17) is 10.5 Å². The Hall–Kier alpha value is -3.36. The van der Waals surface area contributed by atoms with Crippen molar-refractivity contribution in [1.29, 1.82) is 0 Å². The fraction of sp³-hybridized carbons (Fsp3) is 0.261. The van der Waals surface area contributed by atoms with Crippen molar-refractivity contribution in [3.05, 3.63) is 95.1 Å². The zero-order valence-electron chi connectivity index (χ0n) is 17.8. The van der Waals surface area contributed by atoms with Crippen molar-refractivity contribution in [2.45, 2.75) is 19.5 Å². The fourth-order valence-electron chi connectivity index (χ4n) is 3.31. The van der Waals surface area contributed by atoms with Crippen LogP contribution in [0.4, 0.5) is 27.8 Å². The van der Waals surface area contributed by atoms with Gasteiger partial charge in [-0.3, -0.25) is 0 Å². The number of ether oxygens (including phenoxy) is 1. The lowest BCUT2D eigenvalue weighted by Gasteiger charge is -2.33. The molecule has 9 heteroatoms. The van der Waals surface area contributed by atoms with Crippen molar-refractivity contribution >= 4 is 5.82 Å². The molecule has 2 heterocycles. The Morgan fingerprint density at radius 2 is 2.00 bits per heavy atom. The molecule has 1 aromatic heterocycles. The molecular weight excluding hydrogens is 429 g/mol. The first-order chi connectivity index (χ1) is 15.0. The van der Waals surface area contributed by atoms with E-state index in [-0.39, 0.29) is 30.1 Å². The number of pyridine rings is 1. The van der Waals surface area contributed by atoms with Crippen molar-refractivity contribution in [1.82, 2.24) is 4.98 Å². The molecule has 172 valence electrons. The third-order valence-corrected chi connectivity index (χ3v) is 5.22. The summed E-state index contributed by atoms with van der Waals surface area (Å²) in [5, 5.41) is 0. The first-order valence-electron chi connectivity index (χ1n) is 9.48. The van der Waals surface area contributed by atoms with Crippen LogP contribution in [0, 0.1) is 5.82 Å². The largest absolute Gasteiger partial charge is 0.492 e. The quantitative estimate of drug-likeness (QED) is 0.339. The zero-order chi connectivity index (χ0) is 24.2. The maximum atomic E-state index is 14.5. The van der Waals surface area contributed by atoms with Gasteiger partial charge in [-0.05, 0) is 41.7 Å². The van der Waals surface area contributed by atoms with Crippen LogP contribution in [0.1, 0.15) is 18.9 Å². The molecule has 0 bridgehead atoms. The molecule has 1 fully saturated rings. The van der Waals surface area contributed by atoms with Crippen LogP contribution in [0.3, 0.4) is 0 Å². The van der Waals surface area contributed by atoms with Crippen molar-refractivity contribution in [2.75, 3.05) is 25.1 Å². The number of piperidine rings is 1. The Kier molecular flexibility index (Phi) is 7.66. The number of halogens is 5. The van der Waals surface area contributed by atoms with Gasteiger partial charge in [0.25, 0.3) is 0 Å². The van der Waals surface area contributed by atoms with E-state index >= 15 is 0 Å². The van der Waals surface area contributed by atoms with Gasteiger partial charge >= 0.3 is 6.18 Å². The SMILES string of the molecule is C=C/C(C(=C)/C(C)=C1\CN(c2ncc(C(F)(F)F)cc2F)CCC1=C)=C(N)/C(=C\F)OC. The second kappa shape index (κ2) is 9.84. The number of allylic oxidation sites excluding steroid dienone is 4.